The van der Waals surface area contributed by atoms with Crippen LogP contribution in [0.4, 0.5) is 5.69 Å². The van der Waals surface area contributed by atoms with Crippen LogP contribution in [-0.2, 0) is 11.3 Å². The fourth-order valence-electron chi connectivity index (χ4n) is 2.64. The molecule has 3 aromatic rings. The highest BCUT2D eigenvalue weighted by Gasteiger charge is 2.08. The summed E-state index contributed by atoms with van der Waals surface area (Å²) in [4.78, 5) is 28.9. The van der Waals surface area contributed by atoms with Crippen LogP contribution in [0.5, 0.6) is 5.75 Å². The number of nitrogens with zero attached hydrogens (tertiary/aromatic N) is 2. The van der Waals surface area contributed by atoms with Gasteiger partial charge in [-0.05, 0) is 61.4 Å². The molecule has 1 amide bonds. The standard InChI is InChI=1S/C21H21N3O3/c1-14-4-7-17(10-15(14)2)23-20(25)12-24-13-22-19(11-21(24)26)16-5-8-18(27-3)9-6-16/h4-11,13H,12H2,1-3H3,(H,23,25). The Bertz CT molecular complexity index is 1020. The van der Waals surface area contributed by atoms with Crippen LogP contribution in [0, 0.1) is 13.8 Å². The van der Waals surface area contributed by atoms with Crippen LogP contribution in [0.1, 0.15) is 11.1 Å². The van der Waals surface area contributed by atoms with E-state index in [0.29, 0.717) is 11.4 Å². The summed E-state index contributed by atoms with van der Waals surface area (Å²) in [6.45, 7) is 3.90. The summed E-state index contributed by atoms with van der Waals surface area (Å²) >= 11 is 0. The van der Waals surface area contributed by atoms with Gasteiger partial charge in [0.05, 0.1) is 19.1 Å². The smallest absolute Gasteiger partial charge is 0.254 e. The summed E-state index contributed by atoms with van der Waals surface area (Å²) in [7, 11) is 1.59. The van der Waals surface area contributed by atoms with Crippen molar-refractivity contribution >= 4 is 11.6 Å². The first kappa shape index (κ1) is 18.4. The molecule has 6 nitrogen and oxygen atoms in total. The van der Waals surface area contributed by atoms with Crippen molar-refractivity contribution in [1.29, 1.82) is 0 Å². The summed E-state index contributed by atoms with van der Waals surface area (Å²) < 4.78 is 6.40. The molecule has 138 valence electrons. The van der Waals surface area contributed by atoms with Gasteiger partial charge in [-0.1, -0.05) is 6.07 Å². The number of benzene rings is 2. The van der Waals surface area contributed by atoms with Gasteiger partial charge in [-0.25, -0.2) is 4.98 Å². The van der Waals surface area contributed by atoms with E-state index in [4.69, 9.17) is 4.74 Å². The highest BCUT2D eigenvalue weighted by atomic mass is 16.5. The molecule has 1 aromatic heterocycles. The van der Waals surface area contributed by atoms with Crippen molar-refractivity contribution in [3.8, 4) is 17.0 Å². The van der Waals surface area contributed by atoms with Gasteiger partial charge in [0.15, 0.2) is 0 Å². The van der Waals surface area contributed by atoms with E-state index >= 15 is 0 Å². The molecular formula is C21H21N3O3. The maximum atomic E-state index is 12.3. The molecule has 0 saturated heterocycles. The number of carbonyl (C=O) groups is 1. The predicted molar refractivity (Wildman–Crippen MR) is 105 cm³/mol. The lowest BCUT2D eigenvalue weighted by atomic mass is 10.1. The molecule has 0 saturated carbocycles. The fraction of sp³-hybridized carbons (Fsp3) is 0.190. The second-order valence-electron chi connectivity index (χ2n) is 6.32. The number of aryl methyl sites for hydroxylation is 2. The van der Waals surface area contributed by atoms with E-state index < -0.39 is 0 Å². The number of nitrogens with one attached hydrogen (secondary N) is 1. The summed E-state index contributed by atoms with van der Waals surface area (Å²) in [6, 6.07) is 14.4. The lowest BCUT2D eigenvalue weighted by Gasteiger charge is -2.09. The van der Waals surface area contributed by atoms with E-state index in [-0.39, 0.29) is 18.0 Å². The summed E-state index contributed by atoms with van der Waals surface area (Å²) in [5, 5.41) is 2.80. The Kier molecular flexibility index (Phi) is 5.35. The van der Waals surface area contributed by atoms with Crippen LogP contribution >= 0.6 is 0 Å². The minimum absolute atomic E-state index is 0.0956. The number of anilines is 1. The number of rotatable bonds is 5. The van der Waals surface area contributed by atoms with Gasteiger partial charge in [-0.2, -0.15) is 0 Å². The van der Waals surface area contributed by atoms with Crippen molar-refractivity contribution in [2.24, 2.45) is 0 Å². The van der Waals surface area contributed by atoms with Crippen molar-refractivity contribution in [1.82, 2.24) is 9.55 Å². The molecule has 0 aliphatic carbocycles. The van der Waals surface area contributed by atoms with Gasteiger partial charge in [0.25, 0.3) is 5.56 Å². The molecule has 0 spiro atoms. The van der Waals surface area contributed by atoms with Crippen LogP contribution in [0.15, 0.2) is 59.7 Å². The molecule has 1 N–H and O–H groups in total. The Morgan fingerprint density at radius 1 is 1.07 bits per heavy atom. The van der Waals surface area contributed by atoms with Crippen LogP contribution in [0.2, 0.25) is 0 Å². The van der Waals surface area contributed by atoms with Crippen molar-refractivity contribution in [3.05, 3.63) is 76.3 Å². The Morgan fingerprint density at radius 3 is 2.44 bits per heavy atom. The Hall–Kier alpha value is -3.41. The molecule has 1 heterocycles. The lowest BCUT2D eigenvalue weighted by Crippen LogP contribution is -2.27. The zero-order valence-corrected chi connectivity index (χ0v) is 15.5. The molecule has 0 aliphatic heterocycles. The molecule has 0 fully saturated rings. The molecule has 0 atom stereocenters. The number of methoxy groups -OCH3 is 1. The van der Waals surface area contributed by atoms with Gasteiger partial charge in [0.1, 0.15) is 12.3 Å². The fourth-order valence-corrected chi connectivity index (χ4v) is 2.64. The highest BCUT2D eigenvalue weighted by molar-refractivity contribution is 5.90. The quantitative estimate of drug-likeness (QED) is 0.756. The average Bonchev–Trinajstić information content (AvgIpc) is 2.66. The minimum Gasteiger partial charge on any atom is -0.497 e. The minimum atomic E-state index is -0.286. The summed E-state index contributed by atoms with van der Waals surface area (Å²) in [5.74, 6) is 0.453. The molecule has 0 aliphatic rings. The molecule has 0 unspecified atom stereocenters. The van der Waals surface area contributed by atoms with E-state index in [0.717, 1.165) is 22.4 Å². The molecule has 2 aromatic carbocycles. The second kappa shape index (κ2) is 7.86. The van der Waals surface area contributed by atoms with E-state index in [1.54, 1.807) is 19.2 Å². The Labute approximate surface area is 157 Å². The molecular weight excluding hydrogens is 342 g/mol. The van der Waals surface area contributed by atoms with Crippen molar-refractivity contribution in [3.63, 3.8) is 0 Å². The SMILES string of the molecule is COc1ccc(-c2cc(=O)n(CC(=O)Nc3ccc(C)c(C)c3)cn2)cc1. The molecule has 3 rings (SSSR count). The number of hydrogen-bond donors (Lipinski definition) is 1. The Morgan fingerprint density at radius 2 is 1.81 bits per heavy atom. The van der Waals surface area contributed by atoms with Gasteiger partial charge in [0, 0.05) is 17.3 Å². The number of carbonyl (C=O) groups excluding carboxylic acids is 1. The van der Waals surface area contributed by atoms with Crippen LogP contribution in [-0.4, -0.2) is 22.6 Å². The number of aromatic nitrogens is 2. The molecule has 27 heavy (non-hydrogen) atoms. The average molecular weight is 363 g/mol. The first-order chi connectivity index (χ1) is 13.0. The third kappa shape index (κ3) is 4.41. The normalized spacial score (nSPS) is 10.5. The first-order valence-electron chi connectivity index (χ1n) is 8.54. The van der Waals surface area contributed by atoms with E-state index in [2.05, 4.69) is 10.3 Å². The van der Waals surface area contributed by atoms with Crippen LogP contribution in [0.3, 0.4) is 0 Å². The van der Waals surface area contributed by atoms with Crippen molar-refractivity contribution in [2.75, 3.05) is 12.4 Å². The lowest BCUT2D eigenvalue weighted by molar-refractivity contribution is -0.116. The van der Waals surface area contributed by atoms with E-state index in [9.17, 15) is 9.59 Å². The number of hydrogen-bond acceptors (Lipinski definition) is 4. The second-order valence-corrected chi connectivity index (χ2v) is 6.32. The molecule has 6 heteroatoms. The third-order valence-corrected chi connectivity index (χ3v) is 4.37. The van der Waals surface area contributed by atoms with Crippen LogP contribution < -0.4 is 15.6 Å². The maximum Gasteiger partial charge on any atom is 0.254 e. The van der Waals surface area contributed by atoms with Gasteiger partial charge in [-0.3, -0.25) is 14.2 Å². The number of ether oxygens (including phenoxy) is 1. The topological polar surface area (TPSA) is 73.2 Å². The molecule has 0 radical (unpaired) electrons. The maximum absolute atomic E-state index is 12.3. The summed E-state index contributed by atoms with van der Waals surface area (Å²) in [5.41, 5.74) is 4.02. The van der Waals surface area contributed by atoms with E-state index in [1.807, 2.05) is 44.2 Å². The largest absolute Gasteiger partial charge is 0.497 e. The monoisotopic (exact) mass is 363 g/mol. The number of amides is 1. The zero-order chi connectivity index (χ0) is 19.4. The van der Waals surface area contributed by atoms with Gasteiger partial charge in [-0.15, -0.1) is 0 Å². The molecule has 0 bridgehead atoms. The Balaban J connectivity index is 1.72. The predicted octanol–water partition coefficient (Wildman–Crippen LogP) is 3.17. The van der Waals surface area contributed by atoms with Gasteiger partial charge >= 0.3 is 0 Å². The van der Waals surface area contributed by atoms with E-state index in [1.165, 1.54) is 17.0 Å². The van der Waals surface area contributed by atoms with Gasteiger partial charge < -0.3 is 10.1 Å². The van der Waals surface area contributed by atoms with Crippen molar-refractivity contribution in [2.45, 2.75) is 20.4 Å². The first-order valence-corrected chi connectivity index (χ1v) is 8.54. The van der Waals surface area contributed by atoms with Crippen LogP contribution in [0.25, 0.3) is 11.3 Å². The van der Waals surface area contributed by atoms with Gasteiger partial charge in [0.2, 0.25) is 5.91 Å². The summed E-state index contributed by atoms with van der Waals surface area (Å²) in [6.07, 6.45) is 1.39. The zero-order valence-electron chi connectivity index (χ0n) is 15.5. The van der Waals surface area contributed by atoms with Crippen molar-refractivity contribution < 1.29 is 9.53 Å². The highest BCUT2D eigenvalue weighted by Crippen LogP contribution is 2.19. The third-order valence-electron chi connectivity index (χ3n) is 4.37.